The minimum atomic E-state index is 0.680. The Kier molecular flexibility index (Phi) is 5.04. The molecule has 0 fully saturated rings. The summed E-state index contributed by atoms with van der Waals surface area (Å²) in [7, 11) is 0. The van der Waals surface area contributed by atoms with E-state index in [4.69, 9.17) is 9.15 Å². The summed E-state index contributed by atoms with van der Waals surface area (Å²) in [4.78, 5) is 0. The zero-order valence-electron chi connectivity index (χ0n) is 11.6. The van der Waals surface area contributed by atoms with Gasteiger partial charge in [-0.25, -0.2) is 0 Å². The molecule has 2 aromatic rings. The van der Waals surface area contributed by atoms with Crippen LogP contribution in [0.3, 0.4) is 0 Å². The van der Waals surface area contributed by atoms with Gasteiger partial charge in [0, 0.05) is 5.56 Å². The Morgan fingerprint density at radius 2 is 2.11 bits per heavy atom. The highest BCUT2D eigenvalue weighted by atomic mass is 16.5. The normalized spacial score (nSPS) is 10.6. The summed E-state index contributed by atoms with van der Waals surface area (Å²) in [5.41, 5.74) is 2.26. The highest BCUT2D eigenvalue weighted by Crippen LogP contribution is 2.27. The molecule has 0 unspecified atom stereocenters. The molecule has 0 aliphatic carbocycles. The summed E-state index contributed by atoms with van der Waals surface area (Å²) in [5, 5.41) is 3.36. The van der Waals surface area contributed by atoms with Gasteiger partial charge in [0.05, 0.1) is 19.4 Å². The number of ether oxygens (including phenoxy) is 1. The third-order valence-corrected chi connectivity index (χ3v) is 2.91. The SMILES string of the molecule is CCCNCc1occc1-c1cccc(OCC)c1. The van der Waals surface area contributed by atoms with Gasteiger partial charge < -0.3 is 14.5 Å². The first-order valence-corrected chi connectivity index (χ1v) is 6.85. The molecule has 3 nitrogen and oxygen atoms in total. The molecule has 19 heavy (non-hydrogen) atoms. The Bertz CT molecular complexity index is 505. The van der Waals surface area contributed by atoms with Crippen molar-refractivity contribution in [2.45, 2.75) is 26.8 Å². The molecule has 0 radical (unpaired) electrons. The fourth-order valence-electron chi connectivity index (χ4n) is 2.03. The average molecular weight is 259 g/mol. The quantitative estimate of drug-likeness (QED) is 0.767. The van der Waals surface area contributed by atoms with Crippen molar-refractivity contribution >= 4 is 0 Å². The predicted molar refractivity (Wildman–Crippen MR) is 77.3 cm³/mol. The Hall–Kier alpha value is -1.74. The summed E-state index contributed by atoms with van der Waals surface area (Å²) < 4.78 is 11.1. The second-order valence-electron chi connectivity index (χ2n) is 4.40. The van der Waals surface area contributed by atoms with Gasteiger partial charge in [-0.2, -0.15) is 0 Å². The van der Waals surface area contributed by atoms with Gasteiger partial charge in [-0.3, -0.25) is 0 Å². The molecule has 3 heteroatoms. The van der Waals surface area contributed by atoms with Crippen molar-refractivity contribution in [2.75, 3.05) is 13.2 Å². The lowest BCUT2D eigenvalue weighted by Crippen LogP contribution is -2.13. The second-order valence-corrected chi connectivity index (χ2v) is 4.40. The summed E-state index contributed by atoms with van der Waals surface area (Å²) in [6, 6.07) is 10.1. The van der Waals surface area contributed by atoms with Crippen LogP contribution in [0.2, 0.25) is 0 Å². The molecule has 0 aliphatic rings. The fourth-order valence-corrected chi connectivity index (χ4v) is 2.03. The van der Waals surface area contributed by atoms with Crippen LogP contribution in [0.1, 0.15) is 26.0 Å². The summed E-state index contributed by atoms with van der Waals surface area (Å²) in [6.07, 6.45) is 2.86. The molecular formula is C16H21NO2. The summed E-state index contributed by atoms with van der Waals surface area (Å²) in [6.45, 7) is 6.58. The predicted octanol–water partition coefficient (Wildman–Crippen LogP) is 3.84. The average Bonchev–Trinajstić information content (AvgIpc) is 2.88. The molecule has 102 valence electrons. The molecule has 2 rings (SSSR count). The van der Waals surface area contributed by atoms with Crippen LogP contribution in [0.25, 0.3) is 11.1 Å². The minimum Gasteiger partial charge on any atom is -0.494 e. The number of hydrogen-bond donors (Lipinski definition) is 1. The molecule has 1 heterocycles. The number of nitrogens with one attached hydrogen (secondary N) is 1. The van der Waals surface area contributed by atoms with E-state index in [-0.39, 0.29) is 0 Å². The van der Waals surface area contributed by atoms with Crippen LogP contribution in [0.4, 0.5) is 0 Å². The Labute approximate surface area is 114 Å². The van der Waals surface area contributed by atoms with Gasteiger partial charge in [-0.1, -0.05) is 19.1 Å². The highest BCUT2D eigenvalue weighted by molar-refractivity contribution is 5.66. The molecule has 0 atom stereocenters. The molecule has 0 spiro atoms. The summed E-state index contributed by atoms with van der Waals surface area (Å²) >= 11 is 0. The molecule has 1 N–H and O–H groups in total. The third kappa shape index (κ3) is 3.61. The lowest BCUT2D eigenvalue weighted by atomic mass is 10.1. The van der Waals surface area contributed by atoms with Crippen LogP contribution < -0.4 is 10.1 Å². The van der Waals surface area contributed by atoms with E-state index in [2.05, 4.69) is 24.4 Å². The molecule has 1 aromatic heterocycles. The largest absolute Gasteiger partial charge is 0.494 e. The topological polar surface area (TPSA) is 34.4 Å². The van der Waals surface area contributed by atoms with Crippen LogP contribution in [-0.2, 0) is 6.54 Å². The van der Waals surface area contributed by atoms with Crippen LogP contribution in [0.5, 0.6) is 5.75 Å². The van der Waals surface area contributed by atoms with Crippen molar-refractivity contribution < 1.29 is 9.15 Å². The van der Waals surface area contributed by atoms with Gasteiger partial charge in [0.1, 0.15) is 11.5 Å². The van der Waals surface area contributed by atoms with E-state index in [0.717, 1.165) is 42.1 Å². The van der Waals surface area contributed by atoms with E-state index in [9.17, 15) is 0 Å². The Morgan fingerprint density at radius 3 is 2.89 bits per heavy atom. The first-order valence-electron chi connectivity index (χ1n) is 6.85. The molecule has 1 aromatic carbocycles. The van der Waals surface area contributed by atoms with Gasteiger partial charge in [-0.05, 0) is 43.7 Å². The standard InChI is InChI=1S/C16H21NO2/c1-3-9-17-12-16-15(8-10-19-16)13-6-5-7-14(11-13)18-4-2/h5-8,10-11,17H,3-4,9,12H2,1-2H3. The van der Waals surface area contributed by atoms with E-state index in [1.165, 1.54) is 0 Å². The minimum absolute atomic E-state index is 0.680. The molecule has 0 saturated heterocycles. The van der Waals surface area contributed by atoms with Gasteiger partial charge in [-0.15, -0.1) is 0 Å². The molecule has 0 aliphatic heterocycles. The van der Waals surface area contributed by atoms with Crippen LogP contribution in [0, 0.1) is 0 Å². The van der Waals surface area contributed by atoms with Crippen molar-refractivity contribution in [1.29, 1.82) is 0 Å². The third-order valence-electron chi connectivity index (χ3n) is 2.91. The first kappa shape index (κ1) is 13.7. The molecular weight excluding hydrogens is 238 g/mol. The van der Waals surface area contributed by atoms with Gasteiger partial charge in [0.2, 0.25) is 0 Å². The van der Waals surface area contributed by atoms with E-state index >= 15 is 0 Å². The van der Waals surface area contributed by atoms with Crippen molar-refractivity contribution in [3.63, 3.8) is 0 Å². The zero-order valence-corrected chi connectivity index (χ0v) is 11.6. The maximum absolute atomic E-state index is 5.56. The van der Waals surface area contributed by atoms with Crippen LogP contribution >= 0.6 is 0 Å². The maximum Gasteiger partial charge on any atom is 0.125 e. The van der Waals surface area contributed by atoms with E-state index in [1.54, 1.807) is 6.26 Å². The summed E-state index contributed by atoms with van der Waals surface area (Å²) in [5.74, 6) is 1.87. The van der Waals surface area contributed by atoms with E-state index in [0.29, 0.717) is 6.61 Å². The monoisotopic (exact) mass is 259 g/mol. The molecule has 0 saturated carbocycles. The Morgan fingerprint density at radius 1 is 1.21 bits per heavy atom. The van der Waals surface area contributed by atoms with Crippen molar-refractivity contribution in [1.82, 2.24) is 5.32 Å². The second kappa shape index (κ2) is 7.00. The maximum atomic E-state index is 5.56. The first-order chi connectivity index (χ1) is 9.35. The number of rotatable bonds is 7. The van der Waals surface area contributed by atoms with Crippen molar-refractivity contribution in [3.8, 4) is 16.9 Å². The van der Waals surface area contributed by atoms with Crippen molar-refractivity contribution in [2.24, 2.45) is 0 Å². The van der Waals surface area contributed by atoms with Crippen LogP contribution in [-0.4, -0.2) is 13.2 Å². The lowest BCUT2D eigenvalue weighted by Gasteiger charge is -2.07. The van der Waals surface area contributed by atoms with Gasteiger partial charge in [0.15, 0.2) is 0 Å². The Balaban J connectivity index is 2.16. The van der Waals surface area contributed by atoms with E-state index in [1.807, 2.05) is 25.1 Å². The highest BCUT2D eigenvalue weighted by Gasteiger charge is 2.09. The smallest absolute Gasteiger partial charge is 0.125 e. The van der Waals surface area contributed by atoms with Gasteiger partial charge in [0.25, 0.3) is 0 Å². The number of furan rings is 1. The van der Waals surface area contributed by atoms with Crippen molar-refractivity contribution in [3.05, 3.63) is 42.4 Å². The number of hydrogen-bond acceptors (Lipinski definition) is 3. The fraction of sp³-hybridized carbons (Fsp3) is 0.375. The zero-order chi connectivity index (χ0) is 13.5. The number of benzene rings is 1. The molecule has 0 amide bonds. The van der Waals surface area contributed by atoms with Crippen LogP contribution in [0.15, 0.2) is 41.0 Å². The molecule has 0 bridgehead atoms. The van der Waals surface area contributed by atoms with Gasteiger partial charge >= 0.3 is 0 Å². The van der Waals surface area contributed by atoms with E-state index < -0.39 is 0 Å². The lowest BCUT2D eigenvalue weighted by molar-refractivity contribution is 0.340.